The molecule has 0 spiro atoms. The van der Waals surface area contributed by atoms with Gasteiger partial charge in [0.1, 0.15) is 0 Å². The van der Waals surface area contributed by atoms with Gasteiger partial charge in [-0.1, -0.05) is 38.1 Å². The highest BCUT2D eigenvalue weighted by Crippen LogP contribution is 2.46. The van der Waals surface area contributed by atoms with Crippen LogP contribution in [0.3, 0.4) is 0 Å². The summed E-state index contributed by atoms with van der Waals surface area (Å²) in [6.07, 6.45) is 0.861. The van der Waals surface area contributed by atoms with Crippen LogP contribution >= 0.6 is 0 Å². The van der Waals surface area contributed by atoms with Gasteiger partial charge in [-0.25, -0.2) is 0 Å². The zero-order chi connectivity index (χ0) is 10.3. The predicted molar refractivity (Wildman–Crippen MR) is 54.3 cm³/mol. The summed E-state index contributed by atoms with van der Waals surface area (Å²) in [7, 11) is 0. The Morgan fingerprint density at radius 1 is 1.43 bits per heavy atom. The maximum absolute atomic E-state index is 11.2. The van der Waals surface area contributed by atoms with E-state index in [1.807, 2.05) is 38.1 Å². The highest BCUT2D eigenvalue weighted by Gasteiger charge is 2.43. The number of fused-ring (bicyclic) bond motifs is 1. The van der Waals surface area contributed by atoms with Gasteiger partial charge in [-0.15, -0.1) is 0 Å². The van der Waals surface area contributed by atoms with Crippen LogP contribution < -0.4 is 0 Å². The second-order valence-corrected chi connectivity index (χ2v) is 4.64. The van der Waals surface area contributed by atoms with Crippen LogP contribution in [0, 0.1) is 5.41 Å². The van der Waals surface area contributed by atoms with Gasteiger partial charge in [0.15, 0.2) is 0 Å². The van der Waals surface area contributed by atoms with Crippen molar-refractivity contribution in [1.82, 2.24) is 0 Å². The molecule has 0 heterocycles. The van der Waals surface area contributed by atoms with E-state index in [1.165, 1.54) is 5.56 Å². The van der Waals surface area contributed by atoms with Crippen molar-refractivity contribution in [1.29, 1.82) is 0 Å². The lowest BCUT2D eigenvalue weighted by Gasteiger charge is -2.23. The van der Waals surface area contributed by atoms with Crippen LogP contribution in [0.5, 0.6) is 0 Å². The monoisotopic (exact) mass is 190 g/mol. The van der Waals surface area contributed by atoms with E-state index < -0.39 is 5.97 Å². The van der Waals surface area contributed by atoms with Crippen molar-refractivity contribution in [2.45, 2.75) is 26.2 Å². The van der Waals surface area contributed by atoms with Crippen LogP contribution in [0.25, 0.3) is 0 Å². The Kier molecular flexibility index (Phi) is 1.88. The van der Waals surface area contributed by atoms with E-state index in [0.29, 0.717) is 0 Å². The molecule has 0 aromatic heterocycles. The summed E-state index contributed by atoms with van der Waals surface area (Å²) in [5.74, 6) is -1.06. The molecule has 0 fully saturated rings. The van der Waals surface area contributed by atoms with Crippen LogP contribution in [0.4, 0.5) is 0 Å². The van der Waals surface area contributed by atoms with Gasteiger partial charge in [-0.2, -0.15) is 0 Å². The Morgan fingerprint density at radius 2 is 2.07 bits per heavy atom. The summed E-state index contributed by atoms with van der Waals surface area (Å²) >= 11 is 0. The van der Waals surface area contributed by atoms with Crippen LogP contribution in [0.1, 0.15) is 30.9 Å². The molecule has 2 heteroatoms. The number of benzene rings is 1. The van der Waals surface area contributed by atoms with E-state index in [2.05, 4.69) is 0 Å². The molecule has 1 N–H and O–H groups in total. The fourth-order valence-corrected chi connectivity index (χ4v) is 2.46. The molecule has 1 aliphatic rings. The lowest BCUT2D eigenvalue weighted by Crippen LogP contribution is -2.24. The molecule has 2 nitrogen and oxygen atoms in total. The van der Waals surface area contributed by atoms with Crippen molar-refractivity contribution in [3.63, 3.8) is 0 Å². The van der Waals surface area contributed by atoms with Gasteiger partial charge in [-0.3, -0.25) is 4.79 Å². The maximum Gasteiger partial charge on any atom is 0.311 e. The molecule has 0 amide bonds. The van der Waals surface area contributed by atoms with Crippen molar-refractivity contribution in [2.75, 3.05) is 0 Å². The normalized spacial score (nSPS) is 23.1. The number of carboxylic acids is 1. The minimum atomic E-state index is -0.708. The Balaban J connectivity index is 2.53. The summed E-state index contributed by atoms with van der Waals surface area (Å²) in [5.41, 5.74) is 2.02. The zero-order valence-electron chi connectivity index (χ0n) is 8.45. The number of hydrogen-bond acceptors (Lipinski definition) is 1. The first kappa shape index (κ1) is 9.25. The van der Waals surface area contributed by atoms with Gasteiger partial charge in [-0.05, 0) is 23.0 Å². The predicted octanol–water partition coefficient (Wildman–Crippen LogP) is 2.44. The SMILES string of the molecule is CC1(C)Cc2ccccc2C1C(=O)O. The fourth-order valence-electron chi connectivity index (χ4n) is 2.46. The van der Waals surface area contributed by atoms with Gasteiger partial charge in [0.05, 0.1) is 5.92 Å². The molecule has 14 heavy (non-hydrogen) atoms. The summed E-state index contributed by atoms with van der Waals surface area (Å²) in [4.78, 5) is 11.2. The Bertz CT molecular complexity index is 380. The Morgan fingerprint density at radius 3 is 2.71 bits per heavy atom. The van der Waals surface area contributed by atoms with Crippen LogP contribution in [0.15, 0.2) is 24.3 Å². The minimum Gasteiger partial charge on any atom is -0.481 e. The third-order valence-electron chi connectivity index (χ3n) is 3.04. The van der Waals surface area contributed by atoms with E-state index in [1.54, 1.807) is 0 Å². The number of carboxylic acid groups (broad SMARTS) is 1. The number of rotatable bonds is 1. The van der Waals surface area contributed by atoms with E-state index in [0.717, 1.165) is 12.0 Å². The zero-order valence-corrected chi connectivity index (χ0v) is 8.45. The Hall–Kier alpha value is -1.31. The maximum atomic E-state index is 11.2. The molecule has 1 unspecified atom stereocenters. The van der Waals surface area contributed by atoms with Crippen molar-refractivity contribution in [3.05, 3.63) is 35.4 Å². The second-order valence-electron chi connectivity index (χ2n) is 4.64. The van der Waals surface area contributed by atoms with E-state index in [4.69, 9.17) is 0 Å². The molecule has 74 valence electrons. The third-order valence-corrected chi connectivity index (χ3v) is 3.04. The molecule has 0 saturated heterocycles. The first-order valence-electron chi connectivity index (χ1n) is 4.83. The van der Waals surface area contributed by atoms with Gasteiger partial charge >= 0.3 is 5.97 Å². The number of carbonyl (C=O) groups is 1. The van der Waals surface area contributed by atoms with Gasteiger partial charge in [0.2, 0.25) is 0 Å². The van der Waals surface area contributed by atoms with Crippen LogP contribution in [-0.4, -0.2) is 11.1 Å². The quantitative estimate of drug-likeness (QED) is 0.738. The van der Waals surface area contributed by atoms with Crippen molar-refractivity contribution < 1.29 is 9.90 Å². The highest BCUT2D eigenvalue weighted by atomic mass is 16.4. The lowest BCUT2D eigenvalue weighted by molar-refractivity contribution is -0.141. The van der Waals surface area contributed by atoms with Gasteiger partial charge in [0.25, 0.3) is 0 Å². The molecule has 0 radical (unpaired) electrons. The molecule has 1 aromatic carbocycles. The summed E-state index contributed by atoms with van der Waals surface area (Å²) in [5, 5.41) is 9.20. The number of hydrogen-bond donors (Lipinski definition) is 1. The second kappa shape index (κ2) is 2.84. The minimum absolute atomic E-state index is 0.157. The molecule has 2 rings (SSSR count). The highest BCUT2D eigenvalue weighted by molar-refractivity contribution is 5.79. The molecule has 1 atom stereocenters. The van der Waals surface area contributed by atoms with Crippen LogP contribution in [-0.2, 0) is 11.2 Å². The number of aliphatic carboxylic acids is 1. The fraction of sp³-hybridized carbons (Fsp3) is 0.417. The third kappa shape index (κ3) is 1.22. The molecular formula is C12H14O2. The molecular weight excluding hydrogens is 176 g/mol. The molecule has 0 bridgehead atoms. The largest absolute Gasteiger partial charge is 0.481 e. The van der Waals surface area contributed by atoms with Crippen molar-refractivity contribution >= 4 is 5.97 Å². The summed E-state index contributed by atoms with van der Waals surface area (Å²) in [6.45, 7) is 4.04. The standard InChI is InChI=1S/C12H14O2/c1-12(2)7-8-5-3-4-6-9(8)10(12)11(13)14/h3-6,10H,7H2,1-2H3,(H,13,14). The molecule has 0 saturated carbocycles. The first-order chi connectivity index (χ1) is 6.52. The van der Waals surface area contributed by atoms with Gasteiger partial charge < -0.3 is 5.11 Å². The van der Waals surface area contributed by atoms with Crippen molar-refractivity contribution in [2.24, 2.45) is 5.41 Å². The topological polar surface area (TPSA) is 37.3 Å². The van der Waals surface area contributed by atoms with E-state index >= 15 is 0 Å². The van der Waals surface area contributed by atoms with E-state index in [9.17, 15) is 9.90 Å². The first-order valence-corrected chi connectivity index (χ1v) is 4.83. The summed E-state index contributed by atoms with van der Waals surface area (Å²) < 4.78 is 0. The molecule has 0 aliphatic heterocycles. The van der Waals surface area contributed by atoms with Gasteiger partial charge in [0, 0.05) is 0 Å². The average molecular weight is 190 g/mol. The smallest absolute Gasteiger partial charge is 0.311 e. The van der Waals surface area contributed by atoms with E-state index in [-0.39, 0.29) is 11.3 Å². The molecule has 1 aliphatic carbocycles. The molecule has 1 aromatic rings. The Labute approximate surface area is 83.6 Å². The average Bonchev–Trinajstić information content (AvgIpc) is 2.33. The van der Waals surface area contributed by atoms with Crippen molar-refractivity contribution in [3.8, 4) is 0 Å². The summed E-state index contributed by atoms with van der Waals surface area (Å²) in [6, 6.07) is 7.85. The van der Waals surface area contributed by atoms with Crippen LogP contribution in [0.2, 0.25) is 0 Å². The lowest BCUT2D eigenvalue weighted by atomic mass is 9.80.